The van der Waals surface area contributed by atoms with E-state index in [1.807, 2.05) is 18.2 Å². The van der Waals surface area contributed by atoms with Gasteiger partial charge in [-0.25, -0.2) is 0 Å². The molecule has 0 aliphatic heterocycles. The Labute approximate surface area is 108 Å². The van der Waals surface area contributed by atoms with Crippen LogP contribution in [0.4, 0.5) is 5.69 Å². The molecule has 1 fully saturated rings. The van der Waals surface area contributed by atoms with Crippen LogP contribution >= 0.6 is 27.7 Å². The molecular formula is C12H13BrN2S. The highest BCUT2D eigenvalue weighted by Gasteiger charge is 2.42. The fraction of sp³-hybridized carbons (Fsp3) is 0.417. The van der Waals surface area contributed by atoms with E-state index in [1.54, 1.807) is 11.8 Å². The number of hydrogen-bond donors (Lipinski definition) is 1. The molecule has 0 heterocycles. The number of rotatable bonds is 4. The molecule has 1 aliphatic carbocycles. The van der Waals surface area contributed by atoms with Gasteiger partial charge >= 0.3 is 0 Å². The second-order valence-corrected chi connectivity index (χ2v) is 6.24. The molecule has 2 rings (SSSR count). The third-order valence-corrected chi connectivity index (χ3v) is 4.85. The molecule has 0 aromatic heterocycles. The van der Waals surface area contributed by atoms with E-state index in [0.717, 1.165) is 20.8 Å². The number of hydrogen-bond acceptors (Lipinski definition) is 3. The van der Waals surface area contributed by atoms with Crippen molar-refractivity contribution >= 4 is 33.4 Å². The van der Waals surface area contributed by atoms with Crippen molar-refractivity contribution in [3.05, 3.63) is 22.7 Å². The second-order valence-electron chi connectivity index (χ2n) is 4.31. The van der Waals surface area contributed by atoms with E-state index in [-0.39, 0.29) is 5.41 Å². The fourth-order valence-corrected chi connectivity index (χ4v) is 3.22. The van der Waals surface area contributed by atoms with E-state index < -0.39 is 0 Å². The van der Waals surface area contributed by atoms with Crippen LogP contribution in [0.15, 0.2) is 27.6 Å². The Morgan fingerprint density at radius 2 is 2.25 bits per heavy atom. The van der Waals surface area contributed by atoms with Crippen LogP contribution in [0.25, 0.3) is 0 Å². The topological polar surface area (TPSA) is 49.8 Å². The van der Waals surface area contributed by atoms with Gasteiger partial charge in [-0.05, 0) is 36.5 Å². The van der Waals surface area contributed by atoms with Gasteiger partial charge in [0.15, 0.2) is 0 Å². The highest BCUT2D eigenvalue weighted by molar-refractivity contribution is 9.10. The van der Waals surface area contributed by atoms with Gasteiger partial charge in [0, 0.05) is 27.2 Å². The molecule has 0 spiro atoms. The third-order valence-electron chi connectivity index (χ3n) is 2.92. The number of nitrogen functional groups attached to an aromatic ring is 1. The molecular weight excluding hydrogens is 284 g/mol. The maximum atomic E-state index is 8.74. The summed E-state index contributed by atoms with van der Waals surface area (Å²) in [6.07, 6.45) is 3.05. The van der Waals surface area contributed by atoms with Gasteiger partial charge in [-0.2, -0.15) is 5.26 Å². The van der Waals surface area contributed by atoms with Crippen molar-refractivity contribution in [3.8, 4) is 6.07 Å². The Bertz CT molecular complexity index is 435. The average molecular weight is 297 g/mol. The van der Waals surface area contributed by atoms with Crippen molar-refractivity contribution in [3.63, 3.8) is 0 Å². The quantitative estimate of drug-likeness (QED) is 0.679. The summed E-state index contributed by atoms with van der Waals surface area (Å²) in [7, 11) is 0. The Balaban J connectivity index is 1.98. The van der Waals surface area contributed by atoms with Crippen LogP contribution in [-0.2, 0) is 0 Å². The van der Waals surface area contributed by atoms with Crippen LogP contribution in [0.5, 0.6) is 0 Å². The molecule has 2 nitrogen and oxygen atoms in total. The Morgan fingerprint density at radius 3 is 2.81 bits per heavy atom. The summed E-state index contributed by atoms with van der Waals surface area (Å²) in [5.41, 5.74) is 7.02. The van der Waals surface area contributed by atoms with Gasteiger partial charge in [0.2, 0.25) is 0 Å². The third kappa shape index (κ3) is 2.72. The van der Waals surface area contributed by atoms with Gasteiger partial charge in [-0.15, -0.1) is 11.8 Å². The highest BCUT2D eigenvalue weighted by Crippen LogP contribution is 2.52. The summed E-state index contributed by atoms with van der Waals surface area (Å²) in [5, 5.41) is 8.74. The van der Waals surface area contributed by atoms with Crippen LogP contribution in [0.3, 0.4) is 0 Å². The van der Waals surface area contributed by atoms with Crippen molar-refractivity contribution in [2.45, 2.75) is 24.2 Å². The predicted octanol–water partition coefficient (Wildman–Crippen LogP) is 3.82. The lowest BCUT2D eigenvalue weighted by Gasteiger charge is -2.11. The van der Waals surface area contributed by atoms with E-state index in [4.69, 9.17) is 11.0 Å². The molecule has 0 amide bonds. The molecule has 0 unspecified atom stereocenters. The minimum absolute atomic E-state index is 0.277. The number of nitriles is 1. The molecule has 0 bridgehead atoms. The summed E-state index contributed by atoms with van der Waals surface area (Å²) in [6, 6.07) is 8.24. The number of anilines is 1. The molecule has 0 atom stereocenters. The van der Waals surface area contributed by atoms with Gasteiger partial charge in [0.05, 0.1) is 6.07 Å². The minimum Gasteiger partial charge on any atom is -0.398 e. The molecule has 1 aromatic rings. The first-order valence-electron chi connectivity index (χ1n) is 5.20. The van der Waals surface area contributed by atoms with Crippen LogP contribution < -0.4 is 5.73 Å². The predicted molar refractivity (Wildman–Crippen MR) is 71.2 cm³/mol. The molecule has 1 aliphatic rings. The van der Waals surface area contributed by atoms with Gasteiger partial charge in [-0.1, -0.05) is 15.9 Å². The number of thioether (sulfide) groups is 1. The van der Waals surface area contributed by atoms with Crippen LogP contribution in [0.2, 0.25) is 0 Å². The molecule has 0 saturated heterocycles. The number of nitrogens with zero attached hydrogens (tertiary/aromatic N) is 1. The van der Waals surface area contributed by atoms with Crippen LogP contribution in [0.1, 0.15) is 19.3 Å². The zero-order chi connectivity index (χ0) is 11.6. The van der Waals surface area contributed by atoms with Crippen molar-refractivity contribution < 1.29 is 0 Å². The van der Waals surface area contributed by atoms with Crippen molar-refractivity contribution in [1.82, 2.24) is 0 Å². The molecule has 16 heavy (non-hydrogen) atoms. The summed E-state index contributed by atoms with van der Waals surface area (Å²) >= 11 is 5.16. The molecule has 0 radical (unpaired) electrons. The minimum atomic E-state index is 0.277. The number of halogens is 1. The van der Waals surface area contributed by atoms with Crippen molar-refractivity contribution in [2.24, 2.45) is 5.41 Å². The van der Waals surface area contributed by atoms with E-state index in [2.05, 4.69) is 22.0 Å². The molecule has 4 heteroatoms. The standard InChI is InChI=1S/C12H13BrN2S/c13-9-1-2-11(10(15)7-9)16-8-12(3-4-12)5-6-14/h1-2,7H,3-5,8,15H2. The first kappa shape index (κ1) is 11.8. The Kier molecular flexibility index (Phi) is 3.46. The lowest BCUT2D eigenvalue weighted by Crippen LogP contribution is -2.02. The average Bonchev–Trinajstić information content (AvgIpc) is 2.98. The second kappa shape index (κ2) is 4.68. The molecule has 1 aromatic carbocycles. The summed E-state index contributed by atoms with van der Waals surface area (Å²) in [5.74, 6) is 1.01. The van der Waals surface area contributed by atoms with Crippen LogP contribution in [0, 0.1) is 16.7 Å². The van der Waals surface area contributed by atoms with Crippen LogP contribution in [-0.4, -0.2) is 5.75 Å². The molecule has 1 saturated carbocycles. The maximum absolute atomic E-state index is 8.74. The van der Waals surface area contributed by atoms with Gasteiger partial charge in [0.25, 0.3) is 0 Å². The first-order chi connectivity index (χ1) is 7.65. The zero-order valence-electron chi connectivity index (χ0n) is 8.87. The normalized spacial score (nSPS) is 16.8. The lowest BCUT2D eigenvalue weighted by atomic mass is 10.1. The van der Waals surface area contributed by atoms with Gasteiger partial charge in [-0.3, -0.25) is 0 Å². The monoisotopic (exact) mass is 296 g/mol. The Morgan fingerprint density at radius 1 is 1.50 bits per heavy atom. The molecule has 2 N–H and O–H groups in total. The summed E-state index contributed by atoms with van der Waals surface area (Å²) in [6.45, 7) is 0. The van der Waals surface area contributed by atoms with Crippen molar-refractivity contribution in [1.29, 1.82) is 5.26 Å². The van der Waals surface area contributed by atoms with E-state index in [9.17, 15) is 0 Å². The van der Waals surface area contributed by atoms with E-state index >= 15 is 0 Å². The first-order valence-corrected chi connectivity index (χ1v) is 6.98. The SMILES string of the molecule is N#CCC1(CSc2ccc(Br)cc2N)CC1. The van der Waals surface area contributed by atoms with Crippen molar-refractivity contribution in [2.75, 3.05) is 11.5 Å². The number of benzene rings is 1. The van der Waals surface area contributed by atoms with E-state index in [1.165, 1.54) is 12.8 Å². The highest BCUT2D eigenvalue weighted by atomic mass is 79.9. The summed E-state index contributed by atoms with van der Waals surface area (Å²) < 4.78 is 1.01. The lowest BCUT2D eigenvalue weighted by molar-refractivity contribution is 0.604. The smallest absolute Gasteiger partial charge is 0.0627 e. The largest absolute Gasteiger partial charge is 0.398 e. The maximum Gasteiger partial charge on any atom is 0.0627 e. The van der Waals surface area contributed by atoms with Gasteiger partial charge in [0.1, 0.15) is 0 Å². The number of nitrogens with two attached hydrogens (primary N) is 1. The zero-order valence-corrected chi connectivity index (χ0v) is 11.3. The van der Waals surface area contributed by atoms with E-state index in [0.29, 0.717) is 6.42 Å². The fourth-order valence-electron chi connectivity index (χ4n) is 1.60. The summed E-state index contributed by atoms with van der Waals surface area (Å²) in [4.78, 5) is 1.12. The molecule has 84 valence electrons. The Hall–Kier alpha value is -0.660. The van der Waals surface area contributed by atoms with Gasteiger partial charge < -0.3 is 5.73 Å².